The van der Waals surface area contributed by atoms with Gasteiger partial charge in [0.2, 0.25) is 0 Å². The van der Waals surface area contributed by atoms with Crippen LogP contribution in [0.5, 0.6) is 0 Å². The predicted molar refractivity (Wildman–Crippen MR) is 84.5 cm³/mol. The van der Waals surface area contributed by atoms with Gasteiger partial charge in [0.15, 0.2) is 0 Å². The maximum absolute atomic E-state index is 4.44. The van der Waals surface area contributed by atoms with E-state index in [1.165, 1.54) is 26.9 Å². The molecule has 0 aliphatic carbocycles. The zero-order valence-corrected chi connectivity index (χ0v) is 11.7. The molecular formula is C17H10BrN. The smallest absolute Gasteiger partial charge is 0.0719 e. The van der Waals surface area contributed by atoms with Crippen LogP contribution in [0.25, 0.3) is 32.4 Å². The number of rotatable bonds is 0. The van der Waals surface area contributed by atoms with Crippen LogP contribution >= 0.6 is 15.9 Å². The Morgan fingerprint density at radius 2 is 1.58 bits per heavy atom. The number of hydrogen-bond donors (Lipinski definition) is 0. The molecule has 0 unspecified atom stereocenters. The fourth-order valence-electron chi connectivity index (χ4n) is 2.63. The third kappa shape index (κ3) is 1.64. The predicted octanol–water partition coefficient (Wildman–Crippen LogP) is 5.30. The number of halogens is 1. The van der Waals surface area contributed by atoms with E-state index in [1.807, 2.05) is 12.3 Å². The van der Waals surface area contributed by atoms with Crippen LogP contribution in [0.1, 0.15) is 0 Å². The summed E-state index contributed by atoms with van der Waals surface area (Å²) in [7, 11) is 0. The van der Waals surface area contributed by atoms with Gasteiger partial charge in [-0.1, -0.05) is 46.3 Å². The summed E-state index contributed by atoms with van der Waals surface area (Å²) in [6, 6.07) is 19.2. The van der Waals surface area contributed by atoms with E-state index in [2.05, 4.69) is 69.4 Å². The van der Waals surface area contributed by atoms with Crippen molar-refractivity contribution in [2.45, 2.75) is 0 Å². The SMILES string of the molecule is Brc1ccnc2ccc3cc4ccccc4cc3c12. The summed E-state index contributed by atoms with van der Waals surface area (Å²) >= 11 is 3.64. The quantitative estimate of drug-likeness (QED) is 0.317. The average molecular weight is 308 g/mol. The molecule has 0 atom stereocenters. The third-order valence-corrected chi connectivity index (χ3v) is 4.20. The Kier molecular flexibility index (Phi) is 2.32. The van der Waals surface area contributed by atoms with Crippen LogP contribution in [0, 0.1) is 0 Å². The summed E-state index contributed by atoms with van der Waals surface area (Å²) in [5.41, 5.74) is 1.03. The van der Waals surface area contributed by atoms with Gasteiger partial charge < -0.3 is 0 Å². The lowest BCUT2D eigenvalue weighted by Crippen LogP contribution is -1.83. The molecule has 0 aliphatic rings. The summed E-state index contributed by atoms with van der Waals surface area (Å²) in [4.78, 5) is 4.44. The minimum atomic E-state index is 1.03. The third-order valence-electron chi connectivity index (χ3n) is 3.54. The molecule has 4 rings (SSSR count). The van der Waals surface area contributed by atoms with Gasteiger partial charge in [0.05, 0.1) is 5.52 Å². The van der Waals surface area contributed by atoms with Gasteiger partial charge in [0.1, 0.15) is 0 Å². The van der Waals surface area contributed by atoms with E-state index < -0.39 is 0 Å². The number of fused-ring (bicyclic) bond motifs is 4. The Morgan fingerprint density at radius 3 is 2.42 bits per heavy atom. The maximum atomic E-state index is 4.44. The summed E-state index contributed by atoms with van der Waals surface area (Å²) in [6.45, 7) is 0. The second-order valence-electron chi connectivity index (χ2n) is 4.67. The van der Waals surface area contributed by atoms with Crippen LogP contribution in [-0.4, -0.2) is 4.98 Å². The maximum Gasteiger partial charge on any atom is 0.0719 e. The van der Waals surface area contributed by atoms with Crippen LogP contribution in [0.3, 0.4) is 0 Å². The van der Waals surface area contributed by atoms with E-state index in [0.29, 0.717) is 0 Å². The van der Waals surface area contributed by atoms with E-state index in [-0.39, 0.29) is 0 Å². The van der Waals surface area contributed by atoms with Crippen molar-refractivity contribution < 1.29 is 0 Å². The molecule has 19 heavy (non-hydrogen) atoms. The van der Waals surface area contributed by atoms with Crippen LogP contribution < -0.4 is 0 Å². The highest BCUT2D eigenvalue weighted by Gasteiger charge is 2.06. The molecule has 2 heteroatoms. The summed E-state index contributed by atoms with van der Waals surface area (Å²) in [5, 5.41) is 6.22. The van der Waals surface area contributed by atoms with Crippen molar-refractivity contribution in [3.8, 4) is 0 Å². The van der Waals surface area contributed by atoms with E-state index in [0.717, 1.165) is 9.99 Å². The Morgan fingerprint density at radius 1 is 0.789 bits per heavy atom. The van der Waals surface area contributed by atoms with Crippen molar-refractivity contribution in [2.75, 3.05) is 0 Å². The highest BCUT2D eigenvalue weighted by Crippen LogP contribution is 2.32. The van der Waals surface area contributed by atoms with E-state index in [4.69, 9.17) is 0 Å². The molecule has 0 saturated carbocycles. The van der Waals surface area contributed by atoms with Crippen molar-refractivity contribution in [1.82, 2.24) is 4.98 Å². The molecule has 1 heterocycles. The Labute approximate surface area is 119 Å². The van der Waals surface area contributed by atoms with Gasteiger partial charge in [-0.3, -0.25) is 4.98 Å². The molecule has 0 fully saturated rings. The minimum absolute atomic E-state index is 1.03. The van der Waals surface area contributed by atoms with E-state index in [1.54, 1.807) is 0 Å². The van der Waals surface area contributed by atoms with Crippen molar-refractivity contribution in [3.05, 3.63) is 65.3 Å². The highest BCUT2D eigenvalue weighted by atomic mass is 79.9. The number of benzene rings is 3. The zero-order chi connectivity index (χ0) is 12.8. The second-order valence-corrected chi connectivity index (χ2v) is 5.53. The molecule has 0 bridgehead atoms. The van der Waals surface area contributed by atoms with Crippen LogP contribution in [0.4, 0.5) is 0 Å². The normalized spacial score (nSPS) is 11.4. The van der Waals surface area contributed by atoms with Gasteiger partial charge >= 0.3 is 0 Å². The van der Waals surface area contributed by atoms with Crippen LogP contribution in [0.15, 0.2) is 65.3 Å². The van der Waals surface area contributed by atoms with Crippen molar-refractivity contribution in [2.24, 2.45) is 0 Å². The van der Waals surface area contributed by atoms with Crippen molar-refractivity contribution in [3.63, 3.8) is 0 Å². The lowest BCUT2D eigenvalue weighted by atomic mass is 10.0. The van der Waals surface area contributed by atoms with Gasteiger partial charge in [-0.2, -0.15) is 0 Å². The Hall–Kier alpha value is -1.93. The van der Waals surface area contributed by atoms with Crippen molar-refractivity contribution in [1.29, 1.82) is 0 Å². The summed E-state index contributed by atoms with van der Waals surface area (Å²) in [6.07, 6.45) is 1.83. The van der Waals surface area contributed by atoms with E-state index in [9.17, 15) is 0 Å². The molecule has 3 aromatic carbocycles. The molecule has 0 spiro atoms. The first-order chi connectivity index (χ1) is 9.33. The standard InChI is InChI=1S/C17H10BrN/c18-15-7-8-19-16-6-5-13-9-11-3-1-2-4-12(11)10-14(13)17(15)16/h1-10H. The number of pyridine rings is 1. The highest BCUT2D eigenvalue weighted by molar-refractivity contribution is 9.10. The first kappa shape index (κ1) is 10.9. The molecule has 1 aromatic heterocycles. The molecule has 90 valence electrons. The molecule has 0 amide bonds. The first-order valence-electron chi connectivity index (χ1n) is 6.19. The van der Waals surface area contributed by atoms with Crippen LogP contribution in [0.2, 0.25) is 0 Å². The van der Waals surface area contributed by atoms with E-state index >= 15 is 0 Å². The van der Waals surface area contributed by atoms with Gasteiger partial charge in [-0.15, -0.1) is 0 Å². The second kappa shape index (κ2) is 4.04. The molecule has 4 aromatic rings. The monoisotopic (exact) mass is 307 g/mol. The molecular weight excluding hydrogens is 298 g/mol. The largest absolute Gasteiger partial charge is 0.256 e. The van der Waals surface area contributed by atoms with Crippen molar-refractivity contribution >= 4 is 48.4 Å². The topological polar surface area (TPSA) is 12.9 Å². The fourth-order valence-corrected chi connectivity index (χ4v) is 3.16. The zero-order valence-electron chi connectivity index (χ0n) is 10.1. The number of nitrogens with zero attached hydrogens (tertiary/aromatic N) is 1. The minimum Gasteiger partial charge on any atom is -0.256 e. The molecule has 1 nitrogen and oxygen atoms in total. The first-order valence-corrected chi connectivity index (χ1v) is 6.98. The summed E-state index contributed by atoms with van der Waals surface area (Å²) < 4.78 is 1.10. The molecule has 0 aliphatic heterocycles. The molecule has 0 N–H and O–H groups in total. The summed E-state index contributed by atoms with van der Waals surface area (Å²) in [5.74, 6) is 0. The van der Waals surface area contributed by atoms with Gasteiger partial charge in [-0.05, 0) is 45.8 Å². The molecule has 0 radical (unpaired) electrons. The lowest BCUT2D eigenvalue weighted by Gasteiger charge is -2.07. The molecule has 0 saturated heterocycles. The number of aromatic nitrogens is 1. The average Bonchev–Trinajstić information content (AvgIpc) is 2.45. The number of hydrogen-bond acceptors (Lipinski definition) is 1. The van der Waals surface area contributed by atoms with Crippen LogP contribution in [-0.2, 0) is 0 Å². The lowest BCUT2D eigenvalue weighted by molar-refractivity contribution is 1.41. The van der Waals surface area contributed by atoms with Gasteiger partial charge in [0.25, 0.3) is 0 Å². The van der Waals surface area contributed by atoms with Gasteiger partial charge in [-0.25, -0.2) is 0 Å². The fraction of sp³-hybridized carbons (Fsp3) is 0. The Bertz CT molecular complexity index is 928. The van der Waals surface area contributed by atoms with Gasteiger partial charge in [0, 0.05) is 16.1 Å². The Balaban J connectivity index is 2.29.